The Labute approximate surface area is 124 Å². The summed E-state index contributed by atoms with van der Waals surface area (Å²) in [7, 11) is 0. The maximum atomic E-state index is 6.27. The van der Waals surface area contributed by atoms with Crippen LogP contribution < -0.4 is 5.73 Å². The third-order valence-electron chi connectivity index (χ3n) is 3.65. The fourth-order valence-corrected chi connectivity index (χ4v) is 2.56. The summed E-state index contributed by atoms with van der Waals surface area (Å²) in [5.74, 6) is 1.71. The largest absolute Gasteiger partial charge is 0.469 e. The molecule has 0 saturated carbocycles. The normalized spacial score (nSPS) is 10.9. The maximum absolute atomic E-state index is 6.27. The van der Waals surface area contributed by atoms with Gasteiger partial charge >= 0.3 is 0 Å². The molecule has 3 aromatic rings. The molecule has 21 heavy (non-hydrogen) atoms. The van der Waals surface area contributed by atoms with E-state index in [2.05, 4.69) is 6.92 Å². The number of benzene rings is 1. The summed E-state index contributed by atoms with van der Waals surface area (Å²) in [4.78, 5) is 0. The summed E-state index contributed by atoms with van der Waals surface area (Å²) < 4.78 is 7.21. The number of nitrogens with zero attached hydrogens (tertiary/aromatic N) is 2. The summed E-state index contributed by atoms with van der Waals surface area (Å²) in [5, 5.41) is 4.70. The molecular weight excluding hydrogens is 262 g/mol. The smallest absolute Gasteiger partial charge is 0.130 e. The maximum Gasteiger partial charge on any atom is 0.130 e. The minimum absolute atomic E-state index is 0.734. The SMILES string of the molecule is CCc1c(CCc2ccco2)nn(-c2ccccc2)c1N. The van der Waals surface area contributed by atoms with Crippen molar-refractivity contribution in [3.05, 3.63) is 65.7 Å². The van der Waals surface area contributed by atoms with Gasteiger partial charge in [0.25, 0.3) is 0 Å². The molecule has 0 aliphatic carbocycles. The van der Waals surface area contributed by atoms with Crippen LogP contribution in [0.15, 0.2) is 53.1 Å². The summed E-state index contributed by atoms with van der Waals surface area (Å²) in [6, 6.07) is 13.9. The van der Waals surface area contributed by atoms with Gasteiger partial charge in [-0.1, -0.05) is 25.1 Å². The lowest BCUT2D eigenvalue weighted by molar-refractivity contribution is 0.507. The van der Waals surface area contributed by atoms with E-state index < -0.39 is 0 Å². The van der Waals surface area contributed by atoms with Crippen molar-refractivity contribution in [1.82, 2.24) is 9.78 Å². The van der Waals surface area contributed by atoms with Crippen LogP contribution in [-0.2, 0) is 19.3 Å². The molecule has 0 spiro atoms. The predicted octanol–water partition coefficient (Wildman–Crippen LogP) is 3.40. The van der Waals surface area contributed by atoms with Crippen LogP contribution in [0.2, 0.25) is 0 Å². The minimum Gasteiger partial charge on any atom is -0.469 e. The molecule has 0 fully saturated rings. The van der Waals surface area contributed by atoms with Gasteiger partial charge in [-0.25, -0.2) is 4.68 Å². The first kappa shape index (κ1) is 13.5. The Hall–Kier alpha value is -2.49. The average Bonchev–Trinajstić information content (AvgIpc) is 3.13. The van der Waals surface area contributed by atoms with Gasteiger partial charge in [0.15, 0.2) is 0 Å². The monoisotopic (exact) mass is 281 g/mol. The van der Waals surface area contributed by atoms with Gasteiger partial charge < -0.3 is 10.2 Å². The van der Waals surface area contributed by atoms with Crippen molar-refractivity contribution in [1.29, 1.82) is 0 Å². The molecule has 0 unspecified atom stereocenters. The van der Waals surface area contributed by atoms with Crippen LogP contribution in [0.25, 0.3) is 5.69 Å². The van der Waals surface area contributed by atoms with Crippen molar-refractivity contribution in [3.8, 4) is 5.69 Å². The summed E-state index contributed by atoms with van der Waals surface area (Å²) in [6.45, 7) is 2.11. The number of aryl methyl sites for hydroxylation is 2. The standard InChI is InChI=1S/C17H19N3O/c1-2-15-16(11-10-14-9-6-12-21-14)19-20(17(15)18)13-7-4-3-5-8-13/h3-9,12H,2,10-11,18H2,1H3. The Kier molecular flexibility index (Phi) is 3.77. The second kappa shape index (κ2) is 5.87. The molecule has 108 valence electrons. The highest BCUT2D eigenvalue weighted by Crippen LogP contribution is 2.23. The first-order valence-electron chi connectivity index (χ1n) is 7.23. The minimum atomic E-state index is 0.734. The van der Waals surface area contributed by atoms with E-state index in [1.165, 1.54) is 0 Å². The molecule has 0 radical (unpaired) electrons. The van der Waals surface area contributed by atoms with E-state index in [-0.39, 0.29) is 0 Å². The van der Waals surface area contributed by atoms with Gasteiger partial charge in [-0.05, 0) is 37.1 Å². The van der Waals surface area contributed by atoms with Gasteiger partial charge in [0.1, 0.15) is 11.6 Å². The molecule has 0 atom stereocenters. The molecule has 4 nitrogen and oxygen atoms in total. The van der Waals surface area contributed by atoms with Crippen molar-refractivity contribution in [2.45, 2.75) is 26.2 Å². The van der Waals surface area contributed by atoms with Crippen LogP contribution in [0.4, 0.5) is 5.82 Å². The third kappa shape index (κ3) is 2.70. The zero-order valence-electron chi connectivity index (χ0n) is 12.1. The average molecular weight is 281 g/mol. The zero-order chi connectivity index (χ0) is 14.7. The van der Waals surface area contributed by atoms with Crippen LogP contribution in [0.5, 0.6) is 0 Å². The van der Waals surface area contributed by atoms with E-state index in [1.807, 2.05) is 47.1 Å². The van der Waals surface area contributed by atoms with Gasteiger partial charge in [-0.15, -0.1) is 0 Å². The Morgan fingerprint density at radius 2 is 1.90 bits per heavy atom. The molecule has 0 bridgehead atoms. The van der Waals surface area contributed by atoms with E-state index in [0.29, 0.717) is 0 Å². The first-order chi connectivity index (χ1) is 10.3. The van der Waals surface area contributed by atoms with Crippen LogP contribution in [0.1, 0.15) is 23.9 Å². The third-order valence-corrected chi connectivity index (χ3v) is 3.65. The first-order valence-corrected chi connectivity index (χ1v) is 7.23. The Bertz CT molecular complexity index is 699. The van der Waals surface area contributed by atoms with E-state index in [1.54, 1.807) is 6.26 Å². The number of hydrogen-bond acceptors (Lipinski definition) is 3. The summed E-state index contributed by atoms with van der Waals surface area (Å²) >= 11 is 0. The van der Waals surface area contributed by atoms with E-state index >= 15 is 0 Å². The van der Waals surface area contributed by atoms with Crippen LogP contribution in [0.3, 0.4) is 0 Å². The second-order valence-corrected chi connectivity index (χ2v) is 4.99. The number of nitrogens with two attached hydrogens (primary N) is 1. The molecule has 4 heteroatoms. The fourth-order valence-electron chi connectivity index (χ4n) is 2.56. The molecule has 2 aromatic heterocycles. The quantitative estimate of drug-likeness (QED) is 0.780. The zero-order valence-corrected chi connectivity index (χ0v) is 12.1. The van der Waals surface area contributed by atoms with Gasteiger partial charge in [-0.2, -0.15) is 5.10 Å². The number of aromatic nitrogens is 2. The Balaban J connectivity index is 1.90. The van der Waals surface area contributed by atoms with Crippen LogP contribution >= 0.6 is 0 Å². The fraction of sp³-hybridized carbons (Fsp3) is 0.235. The van der Waals surface area contributed by atoms with Gasteiger partial charge in [-0.3, -0.25) is 0 Å². The van der Waals surface area contributed by atoms with Crippen molar-refractivity contribution in [3.63, 3.8) is 0 Å². The number of furan rings is 1. The van der Waals surface area contributed by atoms with Gasteiger partial charge in [0, 0.05) is 12.0 Å². The highest BCUT2D eigenvalue weighted by Gasteiger charge is 2.15. The number of anilines is 1. The van der Waals surface area contributed by atoms with Gasteiger partial charge in [0.2, 0.25) is 0 Å². The van der Waals surface area contributed by atoms with E-state index in [4.69, 9.17) is 15.2 Å². The van der Waals surface area contributed by atoms with Crippen molar-refractivity contribution < 1.29 is 4.42 Å². The lowest BCUT2D eigenvalue weighted by Gasteiger charge is -2.03. The second-order valence-electron chi connectivity index (χ2n) is 4.99. The molecule has 2 N–H and O–H groups in total. The topological polar surface area (TPSA) is 57.0 Å². The molecule has 2 heterocycles. The lowest BCUT2D eigenvalue weighted by Crippen LogP contribution is -2.02. The highest BCUT2D eigenvalue weighted by molar-refractivity contribution is 5.50. The molecule has 1 aromatic carbocycles. The van der Waals surface area contributed by atoms with Crippen LogP contribution in [0, 0.1) is 0 Å². The highest BCUT2D eigenvalue weighted by atomic mass is 16.3. The van der Waals surface area contributed by atoms with E-state index in [9.17, 15) is 0 Å². The number of nitrogen functional groups attached to an aromatic ring is 1. The van der Waals surface area contributed by atoms with Crippen molar-refractivity contribution in [2.75, 3.05) is 5.73 Å². The number of para-hydroxylation sites is 1. The molecule has 0 amide bonds. The number of rotatable bonds is 5. The lowest BCUT2D eigenvalue weighted by atomic mass is 10.1. The van der Waals surface area contributed by atoms with Crippen LogP contribution in [-0.4, -0.2) is 9.78 Å². The molecule has 0 saturated heterocycles. The summed E-state index contributed by atoms with van der Waals surface area (Å²) in [5.41, 5.74) is 9.45. The van der Waals surface area contributed by atoms with Crippen molar-refractivity contribution >= 4 is 5.82 Å². The number of hydrogen-bond donors (Lipinski definition) is 1. The Morgan fingerprint density at radius 1 is 1.10 bits per heavy atom. The molecular formula is C17H19N3O. The Morgan fingerprint density at radius 3 is 2.57 bits per heavy atom. The molecule has 0 aliphatic heterocycles. The molecule has 0 aliphatic rings. The molecule has 3 rings (SSSR count). The van der Waals surface area contributed by atoms with E-state index in [0.717, 1.165) is 47.8 Å². The predicted molar refractivity (Wildman–Crippen MR) is 83.5 cm³/mol. The van der Waals surface area contributed by atoms with Crippen molar-refractivity contribution in [2.24, 2.45) is 0 Å². The summed E-state index contributed by atoms with van der Waals surface area (Å²) in [6.07, 6.45) is 4.26. The van der Waals surface area contributed by atoms with Gasteiger partial charge in [0.05, 0.1) is 17.6 Å².